The van der Waals surface area contributed by atoms with Crippen LogP contribution in [0.2, 0.25) is 0 Å². The van der Waals surface area contributed by atoms with E-state index in [0.717, 1.165) is 42.4 Å². The van der Waals surface area contributed by atoms with Crippen LogP contribution < -0.4 is 0 Å². The van der Waals surface area contributed by atoms with Crippen molar-refractivity contribution < 1.29 is 15.3 Å². The largest absolute Gasteiger partial charge is 0.386 e. The van der Waals surface area contributed by atoms with Gasteiger partial charge in [0.05, 0.1) is 34.6 Å². The lowest BCUT2D eigenvalue weighted by atomic mass is 9.66. The van der Waals surface area contributed by atoms with Crippen LogP contribution in [0.25, 0.3) is 11.0 Å². The Morgan fingerprint density at radius 1 is 1.42 bits per heavy atom. The second kappa shape index (κ2) is 8.96. The number of nitriles is 1. The standard InChI is InChI=1S/C25H33N3O3/c1-5-7-20(23(2,3)29)10-13-25(31-30)12-6-11-24(4,16-25)17-28-18-27-21-9-8-19(15-26)14-22(21)28/h5,7-9,14,18,29-30H,1,6,10-13,16-17H2,2-4H3/b20-7+/t24-,25-/m0/s1. The number of imidazole rings is 1. The smallest absolute Gasteiger partial charge is 0.104 e. The first-order chi connectivity index (χ1) is 14.6. The number of nitrogens with zero attached hydrogens (tertiary/aromatic N) is 3. The molecule has 1 fully saturated rings. The van der Waals surface area contributed by atoms with Crippen LogP contribution in [0.15, 0.2) is 48.8 Å². The van der Waals surface area contributed by atoms with Crippen molar-refractivity contribution in [2.75, 3.05) is 0 Å². The Kier molecular flexibility index (Phi) is 6.70. The molecule has 0 amide bonds. The van der Waals surface area contributed by atoms with E-state index < -0.39 is 11.2 Å². The van der Waals surface area contributed by atoms with E-state index in [9.17, 15) is 15.6 Å². The molecule has 0 saturated heterocycles. The van der Waals surface area contributed by atoms with Crippen LogP contribution in [0.1, 0.15) is 64.9 Å². The summed E-state index contributed by atoms with van der Waals surface area (Å²) >= 11 is 0. The molecule has 1 aliphatic rings. The summed E-state index contributed by atoms with van der Waals surface area (Å²) in [7, 11) is 0. The Labute approximate surface area is 184 Å². The molecule has 6 nitrogen and oxygen atoms in total. The minimum Gasteiger partial charge on any atom is -0.386 e. The predicted octanol–water partition coefficient (Wildman–Crippen LogP) is 5.38. The molecule has 0 radical (unpaired) electrons. The Morgan fingerprint density at radius 3 is 2.84 bits per heavy atom. The van der Waals surface area contributed by atoms with E-state index in [1.807, 2.05) is 24.5 Å². The molecule has 0 aliphatic heterocycles. The van der Waals surface area contributed by atoms with Crippen molar-refractivity contribution in [2.45, 2.75) is 77.0 Å². The van der Waals surface area contributed by atoms with E-state index in [1.54, 1.807) is 26.0 Å². The summed E-state index contributed by atoms with van der Waals surface area (Å²) in [6, 6.07) is 7.72. The monoisotopic (exact) mass is 423 g/mol. The Balaban J connectivity index is 1.81. The molecule has 1 aromatic carbocycles. The number of fused-ring (bicyclic) bond motifs is 1. The first-order valence-corrected chi connectivity index (χ1v) is 10.9. The second-order valence-corrected chi connectivity index (χ2v) is 9.79. The Hall–Kier alpha value is -2.46. The average Bonchev–Trinajstić information content (AvgIpc) is 3.11. The van der Waals surface area contributed by atoms with Crippen LogP contribution in [0, 0.1) is 16.7 Å². The summed E-state index contributed by atoms with van der Waals surface area (Å²) < 4.78 is 2.10. The molecule has 0 unspecified atom stereocenters. The SMILES string of the molecule is C=C/C=C(\CC[C@@]1(OO)CCC[C@](C)(Cn2cnc3ccc(C#N)cc32)C1)C(C)(C)O. The fraction of sp³-hybridized carbons (Fsp3) is 0.520. The molecule has 1 aliphatic carbocycles. The highest BCUT2D eigenvalue weighted by Gasteiger charge is 2.44. The maximum atomic E-state index is 10.5. The lowest BCUT2D eigenvalue weighted by Gasteiger charge is -2.45. The van der Waals surface area contributed by atoms with Gasteiger partial charge in [0.1, 0.15) is 5.60 Å². The molecule has 1 aromatic heterocycles. The van der Waals surface area contributed by atoms with Crippen molar-refractivity contribution in [3.8, 4) is 6.07 Å². The number of aromatic nitrogens is 2. The lowest BCUT2D eigenvalue weighted by molar-refractivity contribution is -0.340. The third-order valence-corrected chi connectivity index (χ3v) is 6.61. The van der Waals surface area contributed by atoms with Gasteiger partial charge >= 0.3 is 0 Å². The Bertz CT molecular complexity index is 1010. The van der Waals surface area contributed by atoms with Crippen molar-refractivity contribution in [1.82, 2.24) is 9.55 Å². The number of allylic oxidation sites excluding steroid dienone is 2. The van der Waals surface area contributed by atoms with Crippen LogP contribution in [-0.4, -0.2) is 31.1 Å². The van der Waals surface area contributed by atoms with E-state index in [-0.39, 0.29) is 5.41 Å². The van der Waals surface area contributed by atoms with Gasteiger partial charge in [-0.15, -0.1) is 0 Å². The number of benzene rings is 1. The lowest BCUT2D eigenvalue weighted by Crippen LogP contribution is -2.44. The van der Waals surface area contributed by atoms with Crippen molar-refractivity contribution in [3.63, 3.8) is 0 Å². The summed E-state index contributed by atoms with van der Waals surface area (Å²) in [5.41, 5.74) is 1.59. The van der Waals surface area contributed by atoms with Gasteiger partial charge in [0.25, 0.3) is 0 Å². The van der Waals surface area contributed by atoms with E-state index >= 15 is 0 Å². The normalized spacial score (nSPS) is 24.8. The second-order valence-electron chi connectivity index (χ2n) is 9.79. The molecular weight excluding hydrogens is 390 g/mol. The zero-order valence-corrected chi connectivity index (χ0v) is 18.8. The highest BCUT2D eigenvalue weighted by Crippen LogP contribution is 2.47. The van der Waals surface area contributed by atoms with Gasteiger partial charge in [-0.3, -0.25) is 5.26 Å². The molecule has 2 atom stereocenters. The molecule has 0 spiro atoms. The molecule has 2 aromatic rings. The van der Waals surface area contributed by atoms with Gasteiger partial charge in [0.15, 0.2) is 0 Å². The van der Waals surface area contributed by atoms with Gasteiger partial charge in [-0.1, -0.05) is 25.7 Å². The number of hydrogen-bond donors (Lipinski definition) is 2. The highest BCUT2D eigenvalue weighted by atomic mass is 17.1. The minimum absolute atomic E-state index is 0.103. The zero-order chi connectivity index (χ0) is 22.7. The Morgan fingerprint density at radius 2 is 2.19 bits per heavy atom. The topological polar surface area (TPSA) is 91.3 Å². The fourth-order valence-corrected chi connectivity index (χ4v) is 5.03. The molecule has 2 N–H and O–H groups in total. The van der Waals surface area contributed by atoms with Crippen molar-refractivity contribution in [3.05, 3.63) is 54.4 Å². The minimum atomic E-state index is -0.947. The molecule has 1 saturated carbocycles. The third-order valence-electron chi connectivity index (χ3n) is 6.61. The molecule has 166 valence electrons. The van der Waals surface area contributed by atoms with E-state index in [2.05, 4.69) is 29.1 Å². The summed E-state index contributed by atoms with van der Waals surface area (Å²) in [5, 5.41) is 29.6. The molecule has 6 heteroatoms. The van der Waals surface area contributed by atoms with Crippen LogP contribution in [0.5, 0.6) is 0 Å². The summed E-state index contributed by atoms with van der Waals surface area (Å²) in [6.07, 6.45) is 10.0. The van der Waals surface area contributed by atoms with Crippen LogP contribution in [0.3, 0.4) is 0 Å². The van der Waals surface area contributed by atoms with Gasteiger partial charge in [-0.2, -0.15) is 5.26 Å². The molecule has 31 heavy (non-hydrogen) atoms. The van der Waals surface area contributed by atoms with Crippen LogP contribution >= 0.6 is 0 Å². The van der Waals surface area contributed by atoms with E-state index in [1.165, 1.54) is 0 Å². The third kappa shape index (κ3) is 5.24. The number of hydrogen-bond acceptors (Lipinski definition) is 5. The van der Waals surface area contributed by atoms with Gasteiger partial charge in [0, 0.05) is 6.54 Å². The van der Waals surface area contributed by atoms with Crippen molar-refractivity contribution in [1.29, 1.82) is 5.26 Å². The van der Waals surface area contributed by atoms with E-state index in [0.29, 0.717) is 24.8 Å². The summed E-state index contributed by atoms with van der Waals surface area (Å²) in [6.45, 7) is 10.2. The number of rotatable bonds is 8. The molecule has 1 heterocycles. The first kappa shape index (κ1) is 23.2. The van der Waals surface area contributed by atoms with Crippen molar-refractivity contribution >= 4 is 11.0 Å². The molecular formula is C25H33N3O3. The van der Waals surface area contributed by atoms with Crippen LogP contribution in [-0.2, 0) is 11.4 Å². The zero-order valence-electron chi connectivity index (χ0n) is 18.8. The maximum Gasteiger partial charge on any atom is 0.104 e. The van der Waals surface area contributed by atoms with Crippen LogP contribution in [0.4, 0.5) is 0 Å². The first-order valence-electron chi connectivity index (χ1n) is 10.9. The molecule has 3 rings (SSSR count). The van der Waals surface area contributed by atoms with Gasteiger partial charge in [0.2, 0.25) is 0 Å². The quantitative estimate of drug-likeness (QED) is 0.338. The highest BCUT2D eigenvalue weighted by molar-refractivity contribution is 5.77. The average molecular weight is 424 g/mol. The maximum absolute atomic E-state index is 10.5. The number of aliphatic hydroxyl groups is 1. The van der Waals surface area contributed by atoms with Crippen molar-refractivity contribution in [2.24, 2.45) is 5.41 Å². The molecule has 0 bridgehead atoms. The summed E-state index contributed by atoms with van der Waals surface area (Å²) in [5.74, 6) is 0. The van der Waals surface area contributed by atoms with Gasteiger partial charge in [-0.05, 0) is 81.6 Å². The van der Waals surface area contributed by atoms with E-state index in [4.69, 9.17) is 4.89 Å². The predicted molar refractivity (Wildman–Crippen MR) is 121 cm³/mol. The van der Waals surface area contributed by atoms with Gasteiger partial charge < -0.3 is 9.67 Å². The van der Waals surface area contributed by atoms with Gasteiger partial charge in [-0.25, -0.2) is 9.87 Å². The fourth-order valence-electron chi connectivity index (χ4n) is 5.03. The summed E-state index contributed by atoms with van der Waals surface area (Å²) in [4.78, 5) is 9.64.